The zero-order valence-corrected chi connectivity index (χ0v) is 12.8. The lowest BCUT2D eigenvalue weighted by Gasteiger charge is -2.22. The summed E-state index contributed by atoms with van der Waals surface area (Å²) in [6.45, 7) is 2.68. The predicted octanol–water partition coefficient (Wildman–Crippen LogP) is 3.09. The van der Waals surface area contributed by atoms with Gasteiger partial charge in [0.25, 0.3) is 0 Å². The van der Waals surface area contributed by atoms with Gasteiger partial charge < -0.3 is 4.74 Å². The zero-order chi connectivity index (χ0) is 14.4. The van der Waals surface area contributed by atoms with Crippen LogP contribution in [-0.2, 0) is 10.0 Å². The van der Waals surface area contributed by atoms with Gasteiger partial charge in [-0.05, 0) is 43.5 Å². The van der Waals surface area contributed by atoms with Gasteiger partial charge in [0.05, 0.1) is 11.5 Å². The van der Waals surface area contributed by atoms with E-state index in [1.54, 1.807) is 24.3 Å². The Bertz CT molecular complexity index is 504. The molecule has 1 fully saturated rings. The maximum Gasteiger partial charge on any atom is 0.240 e. The first-order valence-corrected chi connectivity index (χ1v) is 8.85. The average molecular weight is 297 g/mol. The Labute approximate surface area is 121 Å². The van der Waals surface area contributed by atoms with Gasteiger partial charge in [-0.1, -0.05) is 26.2 Å². The molecule has 0 atom stereocenters. The summed E-state index contributed by atoms with van der Waals surface area (Å²) in [6.07, 6.45) is 6.24. The van der Waals surface area contributed by atoms with Crippen molar-refractivity contribution in [3.05, 3.63) is 24.3 Å². The van der Waals surface area contributed by atoms with Crippen molar-refractivity contribution in [2.75, 3.05) is 6.61 Å². The molecule has 0 aliphatic heterocycles. The molecular weight excluding hydrogens is 274 g/mol. The lowest BCUT2D eigenvalue weighted by Crippen LogP contribution is -2.36. The predicted molar refractivity (Wildman–Crippen MR) is 79.4 cm³/mol. The minimum atomic E-state index is -3.40. The highest BCUT2D eigenvalue weighted by molar-refractivity contribution is 7.89. The lowest BCUT2D eigenvalue weighted by molar-refractivity contribution is 0.317. The van der Waals surface area contributed by atoms with Crippen LogP contribution in [0.3, 0.4) is 0 Å². The first-order chi connectivity index (χ1) is 9.62. The summed E-state index contributed by atoms with van der Waals surface area (Å²) in [5, 5.41) is 0. The normalized spacial score (nSPS) is 17.1. The number of nitrogens with one attached hydrogen (secondary N) is 1. The van der Waals surface area contributed by atoms with Gasteiger partial charge in [0.1, 0.15) is 5.75 Å². The fourth-order valence-corrected chi connectivity index (χ4v) is 3.75. The quantitative estimate of drug-likeness (QED) is 0.878. The van der Waals surface area contributed by atoms with Gasteiger partial charge in [0, 0.05) is 6.04 Å². The van der Waals surface area contributed by atoms with Gasteiger partial charge in [0.2, 0.25) is 10.0 Å². The zero-order valence-electron chi connectivity index (χ0n) is 12.0. The van der Waals surface area contributed by atoms with Crippen molar-refractivity contribution in [1.29, 1.82) is 0 Å². The molecule has 112 valence electrons. The molecule has 1 aliphatic rings. The number of sulfonamides is 1. The maximum atomic E-state index is 12.3. The van der Waals surface area contributed by atoms with Crippen molar-refractivity contribution in [1.82, 2.24) is 4.72 Å². The van der Waals surface area contributed by atoms with Crippen molar-refractivity contribution in [2.24, 2.45) is 0 Å². The third-order valence-corrected chi connectivity index (χ3v) is 5.07. The van der Waals surface area contributed by atoms with Gasteiger partial charge in [-0.3, -0.25) is 0 Å². The van der Waals surface area contributed by atoms with Crippen molar-refractivity contribution in [3.8, 4) is 5.75 Å². The van der Waals surface area contributed by atoms with Crippen LogP contribution in [0.1, 0.15) is 45.4 Å². The minimum absolute atomic E-state index is 0.0877. The van der Waals surface area contributed by atoms with Gasteiger partial charge in [-0.25, -0.2) is 13.1 Å². The first kappa shape index (κ1) is 15.3. The molecule has 1 N–H and O–H groups in total. The van der Waals surface area contributed by atoms with Crippen LogP contribution in [0.25, 0.3) is 0 Å². The molecule has 0 spiro atoms. The molecule has 0 radical (unpaired) electrons. The third-order valence-electron chi connectivity index (χ3n) is 3.53. The second-order valence-electron chi connectivity index (χ2n) is 5.28. The summed E-state index contributed by atoms with van der Waals surface area (Å²) in [7, 11) is -3.40. The minimum Gasteiger partial charge on any atom is -0.494 e. The third kappa shape index (κ3) is 4.21. The largest absolute Gasteiger partial charge is 0.494 e. The molecule has 0 heterocycles. The van der Waals surface area contributed by atoms with Crippen LogP contribution in [0.15, 0.2) is 29.2 Å². The summed E-state index contributed by atoms with van der Waals surface area (Å²) < 4.78 is 32.8. The van der Waals surface area contributed by atoms with Crippen LogP contribution >= 0.6 is 0 Å². The van der Waals surface area contributed by atoms with Gasteiger partial charge in [-0.15, -0.1) is 0 Å². The van der Waals surface area contributed by atoms with E-state index in [4.69, 9.17) is 4.74 Å². The molecule has 1 saturated carbocycles. The second kappa shape index (κ2) is 7.09. The van der Waals surface area contributed by atoms with E-state index in [1.165, 1.54) is 6.42 Å². The molecule has 4 nitrogen and oxygen atoms in total. The summed E-state index contributed by atoms with van der Waals surface area (Å²) in [4.78, 5) is 0.312. The smallest absolute Gasteiger partial charge is 0.240 e. The lowest BCUT2D eigenvalue weighted by atomic mass is 9.96. The van der Waals surface area contributed by atoms with Crippen LogP contribution in [0.5, 0.6) is 5.75 Å². The van der Waals surface area contributed by atoms with Crippen LogP contribution in [0.4, 0.5) is 0 Å². The van der Waals surface area contributed by atoms with Gasteiger partial charge in [-0.2, -0.15) is 0 Å². The fourth-order valence-electron chi connectivity index (χ4n) is 2.44. The van der Waals surface area contributed by atoms with E-state index in [-0.39, 0.29) is 6.04 Å². The number of benzene rings is 1. The fraction of sp³-hybridized carbons (Fsp3) is 0.600. The van der Waals surface area contributed by atoms with Crippen LogP contribution in [0.2, 0.25) is 0 Å². The van der Waals surface area contributed by atoms with Crippen molar-refractivity contribution >= 4 is 10.0 Å². The molecule has 0 amide bonds. The number of hydrogen-bond acceptors (Lipinski definition) is 3. The van der Waals surface area contributed by atoms with Gasteiger partial charge >= 0.3 is 0 Å². The van der Waals surface area contributed by atoms with Crippen LogP contribution < -0.4 is 9.46 Å². The standard InChI is InChI=1S/C15H23NO3S/c1-2-12-19-14-8-10-15(11-9-14)20(17,18)16-13-6-4-3-5-7-13/h8-11,13,16H,2-7,12H2,1H3. The Hall–Kier alpha value is -1.07. The number of rotatable bonds is 6. The maximum absolute atomic E-state index is 12.3. The van der Waals surface area contributed by atoms with Crippen LogP contribution in [0, 0.1) is 0 Å². The van der Waals surface area contributed by atoms with Crippen molar-refractivity contribution < 1.29 is 13.2 Å². The van der Waals surface area contributed by atoms with E-state index in [2.05, 4.69) is 4.72 Å². The molecule has 1 aliphatic carbocycles. The highest BCUT2D eigenvalue weighted by Crippen LogP contribution is 2.21. The SMILES string of the molecule is CCCOc1ccc(S(=O)(=O)NC2CCCCC2)cc1. The molecule has 5 heteroatoms. The topological polar surface area (TPSA) is 55.4 Å². The Morgan fingerprint density at radius 1 is 1.15 bits per heavy atom. The van der Waals surface area contributed by atoms with Crippen LogP contribution in [-0.4, -0.2) is 21.1 Å². The molecule has 1 aromatic rings. The van der Waals surface area contributed by atoms with E-state index < -0.39 is 10.0 Å². The first-order valence-electron chi connectivity index (χ1n) is 7.37. The molecular formula is C15H23NO3S. The van der Waals surface area contributed by atoms with E-state index in [1.807, 2.05) is 6.92 Å². The summed E-state index contributed by atoms with van der Waals surface area (Å²) in [5.41, 5.74) is 0. The molecule has 0 saturated heterocycles. The average Bonchev–Trinajstić information content (AvgIpc) is 2.46. The summed E-state index contributed by atoms with van der Waals surface area (Å²) >= 11 is 0. The van der Waals surface area contributed by atoms with Crippen molar-refractivity contribution in [2.45, 2.75) is 56.4 Å². The highest BCUT2D eigenvalue weighted by Gasteiger charge is 2.21. The molecule has 0 aromatic heterocycles. The Morgan fingerprint density at radius 2 is 1.80 bits per heavy atom. The Balaban J connectivity index is 2.01. The van der Waals surface area contributed by atoms with E-state index in [0.29, 0.717) is 17.3 Å². The second-order valence-corrected chi connectivity index (χ2v) is 6.99. The van der Waals surface area contributed by atoms with E-state index in [0.717, 1.165) is 32.1 Å². The molecule has 20 heavy (non-hydrogen) atoms. The Morgan fingerprint density at radius 3 is 2.40 bits per heavy atom. The highest BCUT2D eigenvalue weighted by atomic mass is 32.2. The summed E-state index contributed by atoms with van der Waals surface area (Å²) in [5.74, 6) is 0.712. The van der Waals surface area contributed by atoms with Crippen molar-refractivity contribution in [3.63, 3.8) is 0 Å². The molecule has 2 rings (SSSR count). The van der Waals surface area contributed by atoms with Gasteiger partial charge in [0.15, 0.2) is 0 Å². The van der Waals surface area contributed by atoms with E-state index >= 15 is 0 Å². The van der Waals surface area contributed by atoms with E-state index in [9.17, 15) is 8.42 Å². The molecule has 1 aromatic carbocycles. The molecule has 0 unspecified atom stereocenters. The monoisotopic (exact) mass is 297 g/mol. The number of hydrogen-bond donors (Lipinski definition) is 1. The Kier molecular flexibility index (Phi) is 5.43. The molecule has 0 bridgehead atoms. The number of ether oxygens (including phenoxy) is 1. The summed E-state index contributed by atoms with van der Waals surface area (Å²) in [6, 6.07) is 6.73.